The lowest BCUT2D eigenvalue weighted by Crippen LogP contribution is -2.65. The van der Waals surface area contributed by atoms with Crippen LogP contribution in [0.1, 0.15) is 60.5 Å². The van der Waals surface area contributed by atoms with Gasteiger partial charge < -0.3 is 52.5 Å². The van der Waals surface area contributed by atoms with Crippen LogP contribution < -0.4 is 0 Å². The number of methoxy groups -OCH3 is 1. The summed E-state index contributed by atoms with van der Waals surface area (Å²) < 4.78 is 52.3. The summed E-state index contributed by atoms with van der Waals surface area (Å²) in [4.78, 5) is 63.4. The van der Waals surface area contributed by atoms with Crippen molar-refractivity contribution in [3.05, 3.63) is 53.8 Å². The van der Waals surface area contributed by atoms with Gasteiger partial charge in [-0.3, -0.25) is 14.4 Å². The Hall–Kier alpha value is -4.13. The number of aliphatic hydroxyl groups is 2. The van der Waals surface area contributed by atoms with E-state index in [0.717, 1.165) is 40.2 Å². The smallest absolute Gasteiger partial charge is 0.339 e. The fraction of sp³-hybridized carbons (Fsp3) is 0.605. The van der Waals surface area contributed by atoms with Gasteiger partial charge in [0.2, 0.25) is 12.6 Å². The molecule has 0 spiro atoms. The Labute approximate surface area is 321 Å². The zero-order valence-electron chi connectivity index (χ0n) is 32.8. The highest BCUT2D eigenvalue weighted by Gasteiger charge is 2.69. The molecule has 0 aromatic heterocycles. The third kappa shape index (κ3) is 9.82. The summed E-state index contributed by atoms with van der Waals surface area (Å²) in [5, 5.41) is 24.1. The summed E-state index contributed by atoms with van der Waals surface area (Å²) in [7, 11) is -1.39. The van der Waals surface area contributed by atoms with Crippen molar-refractivity contribution in [3.8, 4) is 0 Å². The Morgan fingerprint density at radius 1 is 0.891 bits per heavy atom. The molecule has 2 fully saturated rings. The minimum atomic E-state index is -2.48. The van der Waals surface area contributed by atoms with Gasteiger partial charge in [0.25, 0.3) is 0 Å². The zero-order valence-corrected chi connectivity index (χ0v) is 33.8. The molecule has 4 rings (SSSR count). The average molecular weight is 793 g/mol. The number of carbonyl (C=O) groups excluding carboxylic acids is 5. The van der Waals surface area contributed by atoms with E-state index in [4.69, 9.17) is 42.3 Å². The molecule has 0 radical (unpaired) electrons. The van der Waals surface area contributed by atoms with Crippen LogP contribution in [0.4, 0.5) is 0 Å². The molecule has 1 aromatic rings. The van der Waals surface area contributed by atoms with Gasteiger partial charge in [0.15, 0.2) is 26.6 Å². The van der Waals surface area contributed by atoms with Crippen molar-refractivity contribution >= 4 is 44.2 Å². The predicted octanol–water partition coefficient (Wildman–Crippen LogP) is 3.09. The van der Waals surface area contributed by atoms with Crippen molar-refractivity contribution in [2.24, 2.45) is 5.92 Å². The Balaban J connectivity index is 1.75. The van der Waals surface area contributed by atoms with Crippen LogP contribution in [0, 0.1) is 5.92 Å². The third-order valence-corrected chi connectivity index (χ3v) is 14.9. The van der Waals surface area contributed by atoms with Gasteiger partial charge in [-0.1, -0.05) is 51.1 Å². The molecule has 3 aliphatic rings. The molecule has 304 valence electrons. The zero-order chi connectivity index (χ0) is 41.1. The largest absolute Gasteiger partial charge is 0.471 e. The Bertz CT molecular complexity index is 1650. The van der Waals surface area contributed by atoms with Gasteiger partial charge in [-0.05, 0) is 36.7 Å². The lowest BCUT2D eigenvalue weighted by atomic mass is 9.77. The molecule has 1 saturated carbocycles. The van der Waals surface area contributed by atoms with E-state index in [9.17, 15) is 34.2 Å². The third-order valence-electron chi connectivity index (χ3n) is 10.4. The normalized spacial score (nSPS) is 32.0. The van der Waals surface area contributed by atoms with Crippen molar-refractivity contribution < 1.29 is 76.5 Å². The van der Waals surface area contributed by atoms with Crippen LogP contribution in [-0.2, 0) is 66.3 Å². The quantitative estimate of drug-likeness (QED) is 0.135. The number of esters is 5. The maximum Gasteiger partial charge on any atom is 0.339 e. The molecule has 2 N–H and O–H groups in total. The molecule has 2 heterocycles. The van der Waals surface area contributed by atoms with Crippen molar-refractivity contribution in [1.82, 2.24) is 0 Å². The highest BCUT2D eigenvalue weighted by Crippen LogP contribution is 2.53. The molecular formula is C38H52O16Si. The fourth-order valence-electron chi connectivity index (χ4n) is 6.65. The summed E-state index contributed by atoms with van der Waals surface area (Å²) in [6, 6.07) is 8.90. The minimum absolute atomic E-state index is 0.184. The van der Waals surface area contributed by atoms with Gasteiger partial charge in [-0.15, -0.1) is 0 Å². The average Bonchev–Trinajstić information content (AvgIpc) is 3.29. The van der Waals surface area contributed by atoms with E-state index in [2.05, 4.69) is 0 Å². The predicted molar refractivity (Wildman–Crippen MR) is 194 cm³/mol. The topological polar surface area (TPSA) is 209 Å². The van der Waals surface area contributed by atoms with E-state index < -0.39 is 110 Å². The van der Waals surface area contributed by atoms with Crippen LogP contribution in [0.15, 0.2) is 48.2 Å². The van der Waals surface area contributed by atoms with Crippen LogP contribution in [0.2, 0.25) is 18.1 Å². The van der Waals surface area contributed by atoms with Gasteiger partial charge in [-0.25, -0.2) is 9.59 Å². The van der Waals surface area contributed by atoms with Crippen LogP contribution in [0.25, 0.3) is 6.08 Å². The van der Waals surface area contributed by atoms with Crippen LogP contribution in [0.5, 0.6) is 0 Å². The molecule has 1 aliphatic carbocycles. The summed E-state index contributed by atoms with van der Waals surface area (Å²) in [6.45, 7) is 14.5. The summed E-state index contributed by atoms with van der Waals surface area (Å²) in [5.74, 6) is -5.86. The van der Waals surface area contributed by atoms with Crippen molar-refractivity contribution in [3.63, 3.8) is 0 Å². The lowest BCUT2D eigenvalue weighted by Gasteiger charge is -2.48. The van der Waals surface area contributed by atoms with Crippen molar-refractivity contribution in [1.29, 1.82) is 0 Å². The first-order chi connectivity index (χ1) is 25.5. The molecular weight excluding hydrogens is 740 g/mol. The van der Waals surface area contributed by atoms with E-state index in [1.165, 1.54) is 13.0 Å². The second kappa shape index (κ2) is 16.9. The molecule has 55 heavy (non-hydrogen) atoms. The van der Waals surface area contributed by atoms with Crippen LogP contribution >= 0.6 is 0 Å². The Morgan fingerprint density at radius 3 is 2.04 bits per heavy atom. The molecule has 0 unspecified atom stereocenters. The Kier molecular flexibility index (Phi) is 13.4. The van der Waals surface area contributed by atoms with E-state index in [1.54, 1.807) is 24.3 Å². The monoisotopic (exact) mass is 792 g/mol. The highest BCUT2D eigenvalue weighted by molar-refractivity contribution is 6.74. The number of rotatable bonds is 12. The van der Waals surface area contributed by atoms with Gasteiger partial charge >= 0.3 is 29.8 Å². The first-order valence-corrected chi connectivity index (χ1v) is 20.7. The molecule has 0 bridgehead atoms. The van der Waals surface area contributed by atoms with Gasteiger partial charge in [0.05, 0.1) is 25.9 Å². The second-order valence-corrected chi connectivity index (χ2v) is 20.3. The van der Waals surface area contributed by atoms with E-state index in [1.807, 2.05) is 39.9 Å². The number of carbonyl (C=O) groups is 5. The number of hydrogen-bond acceptors (Lipinski definition) is 16. The number of benzene rings is 1. The number of hydrogen-bond donors (Lipinski definition) is 2. The molecule has 1 saturated heterocycles. The molecule has 10 atom stereocenters. The van der Waals surface area contributed by atoms with Crippen LogP contribution in [-0.4, -0.2) is 116 Å². The molecule has 0 amide bonds. The molecule has 16 nitrogen and oxygen atoms in total. The molecule has 1 aromatic carbocycles. The Morgan fingerprint density at radius 2 is 1.47 bits per heavy atom. The minimum Gasteiger partial charge on any atom is -0.471 e. The lowest BCUT2D eigenvalue weighted by molar-refractivity contribution is -0.353. The van der Waals surface area contributed by atoms with E-state index in [-0.39, 0.29) is 11.6 Å². The fourth-order valence-corrected chi connectivity index (χ4v) is 7.66. The maximum absolute atomic E-state index is 13.0. The van der Waals surface area contributed by atoms with Gasteiger partial charge in [0.1, 0.15) is 29.0 Å². The number of ether oxygens (including phenoxy) is 8. The summed E-state index contributed by atoms with van der Waals surface area (Å²) >= 11 is 0. The van der Waals surface area contributed by atoms with E-state index in [0.29, 0.717) is 5.56 Å². The highest BCUT2D eigenvalue weighted by atomic mass is 28.4. The first-order valence-electron chi connectivity index (χ1n) is 17.8. The first kappa shape index (κ1) is 43.6. The molecule has 17 heteroatoms. The van der Waals surface area contributed by atoms with Gasteiger partial charge in [-0.2, -0.15) is 0 Å². The number of fused-ring (bicyclic) bond motifs is 1. The SMILES string of the molecule is COC(=O)C1=CO[C@@H](O[C@H]2O[C@@H](CO[Si](C)(C)C(C)(C)C)[C@H](OC(C)=O)[C@@H](OC(C)=O)[C@@H]2OC(C)=O)[C@@H]2[C@@](C)(O)[C@@H](OC(=O)/C=C/c3ccccc3)C[C@]12O. The maximum atomic E-state index is 13.0. The molecule has 2 aliphatic heterocycles. The van der Waals surface area contributed by atoms with Gasteiger partial charge in [0, 0.05) is 33.3 Å². The van der Waals surface area contributed by atoms with E-state index >= 15 is 0 Å². The summed E-state index contributed by atoms with van der Waals surface area (Å²) in [6.07, 6.45) is -7.42. The standard InChI is InChI=1S/C38H52O16Si/c1-21(39)49-29-26(20-48-55(9,10)36(4,5)6)52-34(31(51-23(3)41)30(29)50-22(2)40)54-35-32-37(7,44)27(18-38(32,45)25(19-47-35)33(43)46-8)53-28(42)17-16-24-14-12-11-13-15-24/h11-17,19,26-27,29-32,34-35,44-45H,18,20H2,1-10H3/b17-16+/t26-,27-,29-,30+,31-,32+,34+,35-,37-,38-/m0/s1. The van der Waals surface area contributed by atoms with Crippen molar-refractivity contribution in [2.45, 2.75) is 127 Å². The van der Waals surface area contributed by atoms with Crippen LogP contribution in [0.3, 0.4) is 0 Å². The second-order valence-electron chi connectivity index (χ2n) is 15.5. The van der Waals surface area contributed by atoms with Crippen molar-refractivity contribution in [2.75, 3.05) is 13.7 Å². The summed E-state index contributed by atoms with van der Waals surface area (Å²) in [5.41, 5.74) is -4.13.